The summed E-state index contributed by atoms with van der Waals surface area (Å²) in [6.45, 7) is -1.50. The topological polar surface area (TPSA) is 57.6 Å². The van der Waals surface area contributed by atoms with Gasteiger partial charge in [0.25, 0.3) is 0 Å². The number of rotatable bonds is 5. The Kier molecular flexibility index (Phi) is 5.59. The van der Waals surface area contributed by atoms with Gasteiger partial charge < -0.3 is 5.11 Å². The number of halogens is 5. The van der Waals surface area contributed by atoms with Crippen LogP contribution < -0.4 is 0 Å². The van der Waals surface area contributed by atoms with Crippen molar-refractivity contribution in [2.75, 3.05) is 13.6 Å². The molecule has 1 rings (SSSR count). The Labute approximate surface area is 124 Å². The molecule has 0 aliphatic carbocycles. The van der Waals surface area contributed by atoms with Gasteiger partial charge in [-0.05, 0) is 12.1 Å². The zero-order valence-electron chi connectivity index (χ0n) is 10.8. The molecule has 0 spiro atoms. The third-order valence-corrected chi connectivity index (χ3v) is 4.92. The second-order valence-corrected chi connectivity index (χ2v) is 6.65. The summed E-state index contributed by atoms with van der Waals surface area (Å²) in [5.41, 5.74) is -0.167. The lowest BCUT2D eigenvalue weighted by molar-refractivity contribution is -0.135. The molecule has 0 bridgehead atoms. The maximum absolute atomic E-state index is 13.5. The molecule has 0 heterocycles. The molecule has 0 aliphatic rings. The second kappa shape index (κ2) is 6.47. The van der Waals surface area contributed by atoms with Gasteiger partial charge in [0.05, 0.1) is 22.9 Å². The summed E-state index contributed by atoms with van der Waals surface area (Å²) in [7, 11) is -3.36. The Morgan fingerprint density at radius 1 is 1.33 bits per heavy atom. The van der Waals surface area contributed by atoms with E-state index in [-0.39, 0.29) is 5.56 Å². The first kappa shape index (κ1) is 18.1. The highest BCUT2D eigenvalue weighted by Gasteiger charge is 2.31. The highest BCUT2D eigenvalue weighted by molar-refractivity contribution is 7.89. The summed E-state index contributed by atoms with van der Waals surface area (Å²) in [6, 6.07) is 1.52. The number of aliphatic hydroxyl groups is 1. The van der Waals surface area contributed by atoms with E-state index in [1.54, 1.807) is 0 Å². The predicted molar refractivity (Wildman–Crippen MR) is 67.8 cm³/mol. The Hall–Kier alpha value is -0.900. The standard InChI is InChI=1S/C11H12ClF4NO3S/c1-17(3-2-11(14,15)16)21(19,20)8-4-7(6-18)10(12)9(13)5-8/h4-5,18H,2-3,6H2,1H3. The molecular weight excluding hydrogens is 338 g/mol. The lowest BCUT2D eigenvalue weighted by atomic mass is 10.2. The van der Waals surface area contributed by atoms with Crippen LogP contribution in [0.1, 0.15) is 12.0 Å². The van der Waals surface area contributed by atoms with E-state index in [1.807, 2.05) is 0 Å². The molecule has 0 aliphatic heterocycles. The fraction of sp³-hybridized carbons (Fsp3) is 0.455. The van der Waals surface area contributed by atoms with Gasteiger partial charge in [0.2, 0.25) is 10.0 Å². The molecule has 120 valence electrons. The van der Waals surface area contributed by atoms with E-state index in [1.165, 1.54) is 0 Å². The zero-order chi connectivity index (χ0) is 16.4. The maximum atomic E-state index is 13.5. The van der Waals surface area contributed by atoms with Crippen molar-refractivity contribution in [2.24, 2.45) is 0 Å². The Morgan fingerprint density at radius 2 is 1.90 bits per heavy atom. The number of nitrogens with zero attached hydrogens (tertiary/aromatic N) is 1. The summed E-state index contributed by atoms with van der Waals surface area (Å²) in [4.78, 5) is -0.571. The van der Waals surface area contributed by atoms with Crippen LogP contribution in [0.15, 0.2) is 17.0 Å². The molecule has 0 saturated carbocycles. The van der Waals surface area contributed by atoms with E-state index >= 15 is 0 Å². The third kappa shape index (κ3) is 4.53. The first-order valence-electron chi connectivity index (χ1n) is 5.61. The summed E-state index contributed by atoms with van der Waals surface area (Å²) in [5.74, 6) is -1.08. The van der Waals surface area contributed by atoms with Crippen molar-refractivity contribution >= 4 is 21.6 Å². The van der Waals surface area contributed by atoms with Crippen molar-refractivity contribution < 1.29 is 31.1 Å². The molecule has 10 heteroatoms. The van der Waals surface area contributed by atoms with Crippen molar-refractivity contribution in [1.82, 2.24) is 4.31 Å². The maximum Gasteiger partial charge on any atom is 0.390 e. The molecule has 0 unspecified atom stereocenters. The van der Waals surface area contributed by atoms with Crippen LogP contribution in [0.3, 0.4) is 0 Å². The number of benzene rings is 1. The molecule has 0 fully saturated rings. The minimum Gasteiger partial charge on any atom is -0.392 e. The van der Waals surface area contributed by atoms with Crippen LogP contribution in [0, 0.1) is 5.82 Å². The molecule has 0 aromatic heterocycles. The van der Waals surface area contributed by atoms with Gasteiger partial charge in [0.15, 0.2) is 0 Å². The van der Waals surface area contributed by atoms with Crippen LogP contribution in [0.4, 0.5) is 17.6 Å². The summed E-state index contributed by atoms with van der Waals surface area (Å²) >= 11 is 5.52. The van der Waals surface area contributed by atoms with Gasteiger partial charge in [-0.15, -0.1) is 0 Å². The van der Waals surface area contributed by atoms with Crippen molar-refractivity contribution in [3.63, 3.8) is 0 Å². The van der Waals surface area contributed by atoms with Crippen LogP contribution >= 0.6 is 11.6 Å². The highest BCUT2D eigenvalue weighted by atomic mass is 35.5. The van der Waals surface area contributed by atoms with Crippen LogP contribution in [-0.2, 0) is 16.6 Å². The summed E-state index contributed by atoms with van der Waals surface area (Å²) < 4.78 is 74.4. The quantitative estimate of drug-likeness (QED) is 0.831. The normalized spacial score (nSPS) is 13.0. The number of alkyl halides is 3. The van der Waals surface area contributed by atoms with Crippen molar-refractivity contribution in [1.29, 1.82) is 0 Å². The van der Waals surface area contributed by atoms with Crippen LogP contribution in [0.25, 0.3) is 0 Å². The van der Waals surface area contributed by atoms with Crippen molar-refractivity contribution in [2.45, 2.75) is 24.1 Å². The average molecular weight is 350 g/mol. The molecule has 1 N–H and O–H groups in total. The van der Waals surface area contributed by atoms with Crippen LogP contribution in [0.5, 0.6) is 0 Å². The Morgan fingerprint density at radius 3 is 2.38 bits per heavy atom. The number of hydrogen-bond acceptors (Lipinski definition) is 3. The summed E-state index contributed by atoms with van der Waals surface area (Å²) in [6.07, 6.45) is -5.84. The van der Waals surface area contributed by atoms with Gasteiger partial charge in [-0.2, -0.15) is 13.2 Å². The minimum absolute atomic E-state index is 0.167. The smallest absolute Gasteiger partial charge is 0.390 e. The van der Waals surface area contributed by atoms with Gasteiger partial charge in [-0.1, -0.05) is 11.6 Å². The molecule has 1 aromatic rings. The third-order valence-electron chi connectivity index (χ3n) is 2.67. The molecule has 1 aromatic carbocycles. The van der Waals surface area contributed by atoms with E-state index in [0.717, 1.165) is 13.1 Å². The zero-order valence-corrected chi connectivity index (χ0v) is 12.4. The van der Waals surface area contributed by atoms with Gasteiger partial charge in [-0.3, -0.25) is 0 Å². The SMILES string of the molecule is CN(CCC(F)(F)F)S(=O)(=O)c1cc(F)c(Cl)c(CO)c1. The van der Waals surface area contributed by atoms with Crippen molar-refractivity contribution in [3.8, 4) is 0 Å². The monoisotopic (exact) mass is 349 g/mol. The number of sulfonamides is 1. The van der Waals surface area contributed by atoms with E-state index in [4.69, 9.17) is 16.7 Å². The van der Waals surface area contributed by atoms with Gasteiger partial charge in [-0.25, -0.2) is 17.1 Å². The number of hydrogen-bond donors (Lipinski definition) is 1. The molecule has 0 saturated heterocycles. The van der Waals surface area contributed by atoms with E-state index in [9.17, 15) is 26.0 Å². The molecule has 21 heavy (non-hydrogen) atoms. The first-order valence-corrected chi connectivity index (χ1v) is 7.42. The van der Waals surface area contributed by atoms with Gasteiger partial charge in [0.1, 0.15) is 5.82 Å². The largest absolute Gasteiger partial charge is 0.392 e. The van der Waals surface area contributed by atoms with Gasteiger partial charge in [0, 0.05) is 19.2 Å². The van der Waals surface area contributed by atoms with Crippen LogP contribution in [-0.4, -0.2) is 37.6 Å². The molecular formula is C11H12ClF4NO3S. The van der Waals surface area contributed by atoms with Gasteiger partial charge >= 0.3 is 6.18 Å². The highest BCUT2D eigenvalue weighted by Crippen LogP contribution is 2.27. The van der Waals surface area contributed by atoms with E-state index in [0.29, 0.717) is 10.4 Å². The van der Waals surface area contributed by atoms with Crippen LogP contribution in [0.2, 0.25) is 5.02 Å². The molecule has 0 radical (unpaired) electrons. The fourth-order valence-electron chi connectivity index (χ4n) is 1.47. The second-order valence-electron chi connectivity index (χ2n) is 4.23. The summed E-state index contributed by atoms with van der Waals surface area (Å²) in [5, 5.41) is 8.54. The Balaban J connectivity index is 3.10. The predicted octanol–water partition coefficient (Wildman–Crippen LogP) is 2.54. The molecule has 0 atom stereocenters. The lowest BCUT2D eigenvalue weighted by Gasteiger charge is -2.18. The van der Waals surface area contributed by atoms with Crippen molar-refractivity contribution in [3.05, 3.63) is 28.5 Å². The average Bonchev–Trinajstić information content (AvgIpc) is 2.37. The lowest BCUT2D eigenvalue weighted by Crippen LogP contribution is -2.30. The Bertz CT molecular complexity index is 619. The minimum atomic E-state index is -4.51. The van der Waals surface area contributed by atoms with E-state index < -0.39 is 51.5 Å². The fourth-order valence-corrected chi connectivity index (χ4v) is 2.87. The van der Waals surface area contributed by atoms with E-state index in [2.05, 4.69) is 0 Å². The number of aliphatic hydroxyl groups excluding tert-OH is 1. The molecule has 0 amide bonds. The molecule has 4 nitrogen and oxygen atoms in total. The first-order chi connectivity index (χ1) is 9.49.